The van der Waals surface area contributed by atoms with E-state index < -0.39 is 36.3 Å². The van der Waals surface area contributed by atoms with Gasteiger partial charge in [0.05, 0.1) is 25.6 Å². The van der Waals surface area contributed by atoms with Crippen molar-refractivity contribution in [2.75, 3.05) is 19.0 Å². The first-order valence-electron chi connectivity index (χ1n) is 15.2. The van der Waals surface area contributed by atoms with Crippen molar-refractivity contribution in [1.82, 2.24) is 15.0 Å². The molecule has 0 aliphatic heterocycles. The summed E-state index contributed by atoms with van der Waals surface area (Å²) in [6, 6.07) is 24.0. The molecule has 254 valence electrons. The van der Waals surface area contributed by atoms with Crippen molar-refractivity contribution in [2.45, 2.75) is 38.8 Å². The first kappa shape index (κ1) is 34.8. The predicted octanol–water partition coefficient (Wildman–Crippen LogP) is 6.13. The van der Waals surface area contributed by atoms with Gasteiger partial charge in [0.15, 0.2) is 6.29 Å². The summed E-state index contributed by atoms with van der Waals surface area (Å²) < 4.78 is 51.0. The molecule has 5 rings (SSSR count). The third-order valence-electron chi connectivity index (χ3n) is 7.68. The van der Waals surface area contributed by atoms with E-state index in [0.717, 1.165) is 18.1 Å². The Kier molecular flexibility index (Phi) is 10.7. The summed E-state index contributed by atoms with van der Waals surface area (Å²) in [5.41, 5.74) is 2.62. The van der Waals surface area contributed by atoms with Gasteiger partial charge in [0.1, 0.15) is 5.75 Å². The molecule has 2 amide bonds. The van der Waals surface area contributed by atoms with Crippen LogP contribution < -0.4 is 10.1 Å². The molecule has 0 spiro atoms. The predicted molar refractivity (Wildman–Crippen MR) is 174 cm³/mol. The molecule has 0 atom stereocenters. The fourth-order valence-electron chi connectivity index (χ4n) is 5.09. The number of rotatable bonds is 12. The van der Waals surface area contributed by atoms with Crippen LogP contribution in [0.2, 0.25) is 0 Å². The first-order chi connectivity index (χ1) is 23.4. The summed E-state index contributed by atoms with van der Waals surface area (Å²) in [5.74, 6) is -0.418. The van der Waals surface area contributed by atoms with Crippen LogP contribution in [0.25, 0.3) is 22.8 Å². The third kappa shape index (κ3) is 8.89. The van der Waals surface area contributed by atoms with Gasteiger partial charge in [-0.2, -0.15) is 18.2 Å². The van der Waals surface area contributed by atoms with Crippen LogP contribution >= 0.6 is 0 Å². The van der Waals surface area contributed by atoms with Crippen molar-refractivity contribution in [3.05, 3.63) is 119 Å². The summed E-state index contributed by atoms with van der Waals surface area (Å²) in [5, 5.41) is 26.0. The topological polar surface area (TPSA) is 138 Å². The molecule has 4 aromatic carbocycles. The van der Waals surface area contributed by atoms with Crippen LogP contribution in [-0.4, -0.2) is 57.0 Å². The maximum atomic E-state index is 13.5. The van der Waals surface area contributed by atoms with Gasteiger partial charge < -0.3 is 29.7 Å². The number of carbonyl (C=O) groups excluding carboxylic acids is 2. The van der Waals surface area contributed by atoms with Crippen molar-refractivity contribution in [3.8, 4) is 28.6 Å². The van der Waals surface area contributed by atoms with Gasteiger partial charge >= 0.3 is 6.18 Å². The average molecular weight is 675 g/mol. The molecule has 10 nitrogen and oxygen atoms in total. The van der Waals surface area contributed by atoms with E-state index in [1.165, 1.54) is 54.0 Å². The van der Waals surface area contributed by atoms with E-state index in [9.17, 15) is 33.0 Å². The van der Waals surface area contributed by atoms with E-state index in [1.807, 2.05) is 24.3 Å². The highest BCUT2D eigenvalue weighted by Crippen LogP contribution is 2.35. The van der Waals surface area contributed by atoms with Crippen LogP contribution in [0.15, 0.2) is 95.5 Å². The molecular formula is C36H33F3N4O6. The molecule has 5 aromatic rings. The van der Waals surface area contributed by atoms with E-state index in [2.05, 4.69) is 22.4 Å². The Hall–Kier alpha value is -5.53. The maximum Gasteiger partial charge on any atom is 0.416 e. The molecule has 13 heteroatoms. The molecule has 3 N–H and O–H groups in total. The number of aromatic nitrogens is 2. The Labute approximate surface area is 279 Å². The van der Waals surface area contributed by atoms with Gasteiger partial charge in [-0.05, 0) is 71.6 Å². The van der Waals surface area contributed by atoms with Gasteiger partial charge in [0.2, 0.25) is 11.7 Å². The van der Waals surface area contributed by atoms with Gasteiger partial charge in [0, 0.05) is 28.9 Å². The number of aliphatic hydroxyl groups excluding tert-OH is 1. The molecule has 0 saturated carbocycles. The molecule has 0 radical (unpaired) electrons. The number of ether oxygens (including phenoxy) is 1. The highest BCUT2D eigenvalue weighted by molar-refractivity contribution is 5.96. The van der Waals surface area contributed by atoms with Crippen molar-refractivity contribution in [1.29, 1.82) is 0 Å². The van der Waals surface area contributed by atoms with Gasteiger partial charge in [-0.1, -0.05) is 54.5 Å². The number of anilines is 1. The molecule has 0 bridgehead atoms. The van der Waals surface area contributed by atoms with Crippen LogP contribution in [0.3, 0.4) is 0 Å². The van der Waals surface area contributed by atoms with E-state index >= 15 is 0 Å². The number of aliphatic hydroxyl groups is 2. The number of hydrogen-bond donors (Lipinski definition) is 3. The van der Waals surface area contributed by atoms with Crippen LogP contribution in [0.5, 0.6) is 5.75 Å². The lowest BCUT2D eigenvalue weighted by Gasteiger charge is -2.24. The minimum Gasteiger partial charge on any atom is -0.497 e. The maximum absolute atomic E-state index is 13.5. The van der Waals surface area contributed by atoms with Crippen molar-refractivity contribution in [2.24, 2.45) is 0 Å². The molecule has 1 heterocycles. The molecule has 0 aliphatic rings. The van der Waals surface area contributed by atoms with E-state index in [1.54, 1.807) is 24.3 Å². The lowest BCUT2D eigenvalue weighted by molar-refractivity contribution is -0.138. The van der Waals surface area contributed by atoms with Crippen molar-refractivity contribution >= 4 is 17.5 Å². The number of benzene rings is 4. The Morgan fingerprint density at radius 3 is 2.18 bits per heavy atom. The second kappa shape index (κ2) is 15.1. The fourth-order valence-corrected chi connectivity index (χ4v) is 5.09. The summed E-state index contributed by atoms with van der Waals surface area (Å²) >= 11 is 0. The number of amides is 2. The zero-order valence-electron chi connectivity index (χ0n) is 26.6. The number of halogens is 3. The Balaban J connectivity index is 1.23. The second-order valence-electron chi connectivity index (χ2n) is 11.2. The molecule has 0 fully saturated rings. The van der Waals surface area contributed by atoms with E-state index in [4.69, 9.17) is 9.26 Å². The van der Waals surface area contributed by atoms with Gasteiger partial charge in [-0.3, -0.25) is 9.59 Å². The number of methoxy groups -OCH3 is 1. The number of nitrogens with one attached hydrogen (secondary N) is 1. The number of hydrogen-bond acceptors (Lipinski definition) is 8. The SMILES string of the molecule is CCc1ccc(-c2noc(-c3ccc(CN(CC(O)O)C(=O)c4ccc(NC(=O)Cc5ccc(OC)cc5C(F)(F)F)cc4)cc3)n2)cc1. The normalized spacial score (nSPS) is 11.4. The molecule has 49 heavy (non-hydrogen) atoms. The highest BCUT2D eigenvalue weighted by atomic mass is 19.4. The van der Waals surface area contributed by atoms with E-state index in [-0.39, 0.29) is 35.7 Å². The van der Waals surface area contributed by atoms with Crippen molar-refractivity contribution in [3.63, 3.8) is 0 Å². The smallest absolute Gasteiger partial charge is 0.416 e. The fraction of sp³-hybridized carbons (Fsp3) is 0.222. The molecular weight excluding hydrogens is 641 g/mol. The first-order valence-corrected chi connectivity index (χ1v) is 15.2. The zero-order valence-corrected chi connectivity index (χ0v) is 26.6. The van der Waals surface area contributed by atoms with Gasteiger partial charge in [-0.15, -0.1) is 0 Å². The minimum atomic E-state index is -4.68. The Morgan fingerprint density at radius 2 is 1.57 bits per heavy atom. The average Bonchev–Trinajstić information content (AvgIpc) is 3.58. The number of aryl methyl sites for hydroxylation is 1. The summed E-state index contributed by atoms with van der Waals surface area (Å²) in [6.07, 6.45) is -6.10. The number of carbonyl (C=O) groups is 2. The Bertz CT molecular complexity index is 1890. The van der Waals surface area contributed by atoms with Crippen LogP contribution in [0.4, 0.5) is 18.9 Å². The van der Waals surface area contributed by atoms with E-state index in [0.29, 0.717) is 22.8 Å². The second-order valence-corrected chi connectivity index (χ2v) is 11.2. The summed E-state index contributed by atoms with van der Waals surface area (Å²) in [7, 11) is 1.25. The standard InChI is InChI=1S/C36H33F3N4O6/c1-3-22-4-8-24(9-5-22)33-41-34(49-42-33)25-10-6-23(7-11-25)20-43(21-32(45)46)35(47)26-12-15-28(16-13-26)40-31(44)18-27-14-17-29(48-2)19-30(27)36(37,38)39/h4-17,19,32,45-46H,3,18,20-21H2,1-2H3,(H,40,44). The zero-order chi connectivity index (χ0) is 35.1. The van der Waals surface area contributed by atoms with Gasteiger partial charge in [0.25, 0.3) is 11.8 Å². The minimum absolute atomic E-state index is 0.0169. The lowest BCUT2D eigenvalue weighted by Crippen LogP contribution is -2.37. The Morgan fingerprint density at radius 1 is 0.918 bits per heavy atom. The van der Waals surface area contributed by atoms with Crippen LogP contribution in [0.1, 0.15) is 39.5 Å². The number of alkyl halides is 3. The number of nitrogens with zero attached hydrogens (tertiary/aromatic N) is 3. The summed E-state index contributed by atoms with van der Waals surface area (Å²) in [6.45, 7) is 1.73. The van der Waals surface area contributed by atoms with Crippen molar-refractivity contribution < 1.29 is 42.2 Å². The summed E-state index contributed by atoms with van der Waals surface area (Å²) in [4.78, 5) is 31.7. The molecule has 1 aromatic heterocycles. The lowest BCUT2D eigenvalue weighted by atomic mass is 10.0. The molecule has 0 saturated heterocycles. The van der Waals surface area contributed by atoms with Crippen LogP contribution in [-0.2, 0) is 30.4 Å². The third-order valence-corrected chi connectivity index (χ3v) is 7.68. The van der Waals surface area contributed by atoms with Gasteiger partial charge in [-0.25, -0.2) is 0 Å². The molecule has 0 unspecified atom stereocenters. The molecule has 0 aliphatic carbocycles. The monoisotopic (exact) mass is 674 g/mol. The quantitative estimate of drug-likeness (QED) is 0.135. The largest absolute Gasteiger partial charge is 0.497 e. The highest BCUT2D eigenvalue weighted by Gasteiger charge is 2.34. The van der Waals surface area contributed by atoms with Crippen LogP contribution in [0, 0.1) is 0 Å².